The molecule has 380 valence electrons. The minimum atomic E-state index is -1.67. The van der Waals surface area contributed by atoms with Gasteiger partial charge < -0.3 is 50.5 Å². The standard InChI is InChI=1S/C54H99NO10/c1-3-5-7-9-11-13-15-17-19-20-21-22-23-24-25-26-27-28-30-32-34-36-38-40-42-47(58)53(63)55-45(44-64-54-52(62)51(61)50(60)48(43-56)65-54)49(59)46(57)41-39-37-35-33-31-29-18-16-14-12-10-8-6-4-2/h8,10,16,18,24-25,33,35,45-52,54,56-62H,3-7,9,11-15,17,19-23,26-32,34,36-44H2,1-2H3,(H,55,63)/b10-8+,18-16+,25-24-,35-33+. The van der Waals surface area contributed by atoms with Gasteiger partial charge in [-0.15, -0.1) is 0 Å². The van der Waals surface area contributed by atoms with Crippen molar-refractivity contribution in [1.82, 2.24) is 5.32 Å². The Hall–Kier alpha value is -1.93. The third kappa shape index (κ3) is 32.5. The summed E-state index contributed by atoms with van der Waals surface area (Å²) in [6, 6.07) is -1.20. The first-order valence-corrected chi connectivity index (χ1v) is 26.5. The molecule has 1 amide bonds. The Kier molecular flexibility index (Phi) is 40.7. The van der Waals surface area contributed by atoms with Crippen LogP contribution in [0.1, 0.15) is 219 Å². The molecule has 0 aromatic carbocycles. The highest BCUT2D eigenvalue weighted by atomic mass is 16.7. The fourth-order valence-electron chi connectivity index (χ4n) is 8.18. The van der Waals surface area contributed by atoms with E-state index in [0.717, 1.165) is 57.8 Å². The maximum absolute atomic E-state index is 13.1. The van der Waals surface area contributed by atoms with Crippen molar-refractivity contribution in [2.45, 2.75) is 274 Å². The molecule has 11 nitrogen and oxygen atoms in total. The van der Waals surface area contributed by atoms with Gasteiger partial charge in [-0.2, -0.15) is 0 Å². The summed E-state index contributed by atoms with van der Waals surface area (Å²) in [6.07, 6.45) is 41.7. The largest absolute Gasteiger partial charge is 0.394 e. The fraction of sp³-hybridized carbons (Fsp3) is 0.833. The number of allylic oxidation sites excluding steroid dienone is 8. The van der Waals surface area contributed by atoms with E-state index in [4.69, 9.17) is 9.47 Å². The third-order valence-electron chi connectivity index (χ3n) is 12.5. The van der Waals surface area contributed by atoms with Gasteiger partial charge in [-0.05, 0) is 83.5 Å². The molecule has 1 saturated heterocycles. The zero-order valence-electron chi connectivity index (χ0n) is 41.2. The Bertz CT molecular complexity index is 1190. The monoisotopic (exact) mass is 922 g/mol. The predicted molar refractivity (Wildman–Crippen MR) is 265 cm³/mol. The molecular formula is C54H99NO10. The van der Waals surface area contributed by atoms with Crippen molar-refractivity contribution >= 4 is 5.91 Å². The van der Waals surface area contributed by atoms with E-state index in [0.29, 0.717) is 19.3 Å². The van der Waals surface area contributed by atoms with Crippen LogP contribution in [0.4, 0.5) is 0 Å². The highest BCUT2D eigenvalue weighted by Gasteiger charge is 2.44. The smallest absolute Gasteiger partial charge is 0.249 e. The van der Waals surface area contributed by atoms with Gasteiger partial charge in [0.25, 0.3) is 0 Å². The average Bonchev–Trinajstić information content (AvgIpc) is 3.31. The molecule has 0 spiro atoms. The molecule has 8 N–H and O–H groups in total. The Labute approximate surface area is 396 Å². The topological polar surface area (TPSA) is 189 Å². The van der Waals surface area contributed by atoms with Crippen molar-refractivity contribution < 1.29 is 50.0 Å². The molecule has 1 rings (SSSR count). The van der Waals surface area contributed by atoms with Crippen molar-refractivity contribution in [2.24, 2.45) is 0 Å². The van der Waals surface area contributed by atoms with Gasteiger partial charge >= 0.3 is 0 Å². The summed E-state index contributed by atoms with van der Waals surface area (Å²) in [6.45, 7) is 3.36. The molecule has 1 heterocycles. The molecule has 11 heteroatoms. The van der Waals surface area contributed by atoms with E-state index in [9.17, 15) is 40.5 Å². The number of nitrogens with one attached hydrogen (secondary N) is 1. The predicted octanol–water partition coefficient (Wildman–Crippen LogP) is 10.1. The van der Waals surface area contributed by atoms with E-state index in [2.05, 4.69) is 67.8 Å². The lowest BCUT2D eigenvalue weighted by Gasteiger charge is -2.40. The first-order chi connectivity index (χ1) is 31.7. The van der Waals surface area contributed by atoms with E-state index < -0.39 is 74.2 Å². The van der Waals surface area contributed by atoms with Gasteiger partial charge in [0.2, 0.25) is 5.91 Å². The van der Waals surface area contributed by atoms with Gasteiger partial charge in [0.05, 0.1) is 25.4 Å². The lowest BCUT2D eigenvalue weighted by atomic mass is 9.98. The molecule has 0 aromatic rings. The summed E-state index contributed by atoms with van der Waals surface area (Å²) in [4.78, 5) is 13.1. The number of hydrogen-bond donors (Lipinski definition) is 8. The number of hydrogen-bond acceptors (Lipinski definition) is 10. The molecule has 0 aliphatic carbocycles. The Morgan fingerprint density at radius 2 is 0.954 bits per heavy atom. The quantitative estimate of drug-likeness (QED) is 0.0216. The Morgan fingerprint density at radius 1 is 0.523 bits per heavy atom. The molecule has 1 aliphatic rings. The highest BCUT2D eigenvalue weighted by Crippen LogP contribution is 2.23. The maximum Gasteiger partial charge on any atom is 0.249 e. The molecular weight excluding hydrogens is 823 g/mol. The number of amides is 1. The Balaban J connectivity index is 2.36. The van der Waals surface area contributed by atoms with Gasteiger partial charge in [0.15, 0.2) is 6.29 Å². The van der Waals surface area contributed by atoms with Gasteiger partial charge in [-0.1, -0.05) is 184 Å². The summed E-state index contributed by atoms with van der Waals surface area (Å²) in [7, 11) is 0. The first-order valence-electron chi connectivity index (χ1n) is 26.5. The van der Waals surface area contributed by atoms with Crippen LogP contribution >= 0.6 is 0 Å². The SMILES string of the molecule is CCC/C=C/CC/C=C/CC/C=C/CCCC(O)C(O)C(COC1OC(CO)C(O)C(O)C1O)NC(=O)C(O)CCCCCCCCCC/C=C\CCCCCCCCCCCCCC. The van der Waals surface area contributed by atoms with Crippen molar-refractivity contribution in [2.75, 3.05) is 13.2 Å². The minimum absolute atomic E-state index is 0.239. The van der Waals surface area contributed by atoms with Gasteiger partial charge in [0, 0.05) is 0 Å². The fourth-order valence-corrected chi connectivity index (χ4v) is 8.18. The maximum atomic E-state index is 13.1. The highest BCUT2D eigenvalue weighted by molar-refractivity contribution is 5.80. The normalized spacial score (nSPS) is 21.3. The Morgan fingerprint density at radius 3 is 1.43 bits per heavy atom. The van der Waals surface area contributed by atoms with Crippen LogP contribution in [-0.2, 0) is 14.3 Å². The average molecular weight is 922 g/mol. The second kappa shape index (κ2) is 43.4. The third-order valence-corrected chi connectivity index (χ3v) is 12.5. The van der Waals surface area contributed by atoms with Crippen LogP contribution in [0.3, 0.4) is 0 Å². The molecule has 0 saturated carbocycles. The van der Waals surface area contributed by atoms with E-state index >= 15 is 0 Å². The summed E-state index contributed by atoms with van der Waals surface area (Å²) in [5.41, 5.74) is 0. The van der Waals surface area contributed by atoms with Crippen LogP contribution in [0.15, 0.2) is 48.6 Å². The molecule has 0 aromatic heterocycles. The number of unbranched alkanes of at least 4 members (excludes halogenated alkanes) is 24. The number of aliphatic hydroxyl groups is 7. The lowest BCUT2D eigenvalue weighted by molar-refractivity contribution is -0.303. The molecule has 0 radical (unpaired) electrons. The number of rotatable bonds is 44. The van der Waals surface area contributed by atoms with Crippen molar-refractivity contribution in [3.63, 3.8) is 0 Å². The molecule has 65 heavy (non-hydrogen) atoms. The van der Waals surface area contributed by atoms with Gasteiger partial charge in [0.1, 0.15) is 36.6 Å². The summed E-state index contributed by atoms with van der Waals surface area (Å²) < 4.78 is 11.1. The zero-order chi connectivity index (χ0) is 47.6. The van der Waals surface area contributed by atoms with Crippen LogP contribution in [0.5, 0.6) is 0 Å². The molecule has 9 atom stereocenters. The summed E-state index contributed by atoms with van der Waals surface area (Å²) >= 11 is 0. The van der Waals surface area contributed by atoms with E-state index in [1.54, 1.807) is 0 Å². The molecule has 1 aliphatic heterocycles. The van der Waals surface area contributed by atoms with Gasteiger partial charge in [-0.3, -0.25) is 4.79 Å². The second-order valence-corrected chi connectivity index (χ2v) is 18.6. The van der Waals surface area contributed by atoms with Crippen LogP contribution in [0, 0.1) is 0 Å². The number of carbonyl (C=O) groups excluding carboxylic acids is 1. The molecule has 1 fully saturated rings. The number of carbonyl (C=O) groups is 1. The van der Waals surface area contributed by atoms with Crippen molar-refractivity contribution in [1.29, 1.82) is 0 Å². The molecule has 9 unspecified atom stereocenters. The van der Waals surface area contributed by atoms with Crippen LogP contribution in [0.25, 0.3) is 0 Å². The van der Waals surface area contributed by atoms with E-state index in [1.165, 1.54) is 116 Å². The van der Waals surface area contributed by atoms with E-state index in [-0.39, 0.29) is 12.8 Å². The van der Waals surface area contributed by atoms with Gasteiger partial charge in [-0.25, -0.2) is 0 Å². The zero-order valence-corrected chi connectivity index (χ0v) is 41.2. The van der Waals surface area contributed by atoms with Crippen molar-refractivity contribution in [3.05, 3.63) is 48.6 Å². The van der Waals surface area contributed by atoms with Crippen LogP contribution < -0.4 is 5.32 Å². The summed E-state index contributed by atoms with van der Waals surface area (Å²) in [5.74, 6) is -0.716. The first kappa shape index (κ1) is 61.1. The number of aliphatic hydroxyl groups excluding tert-OH is 7. The van der Waals surface area contributed by atoms with Crippen LogP contribution in [-0.4, -0.2) is 110 Å². The second-order valence-electron chi connectivity index (χ2n) is 18.6. The lowest BCUT2D eigenvalue weighted by Crippen LogP contribution is -2.60. The van der Waals surface area contributed by atoms with E-state index in [1.807, 2.05) is 0 Å². The minimum Gasteiger partial charge on any atom is -0.394 e. The van der Waals surface area contributed by atoms with Crippen LogP contribution in [0.2, 0.25) is 0 Å². The molecule has 0 bridgehead atoms. The number of ether oxygens (including phenoxy) is 2. The van der Waals surface area contributed by atoms with Crippen molar-refractivity contribution in [3.8, 4) is 0 Å². The summed E-state index contributed by atoms with van der Waals surface area (Å²) in [5, 5.41) is 75.8.